The third-order valence-electron chi connectivity index (χ3n) is 5.35. The van der Waals surface area contributed by atoms with Gasteiger partial charge in [-0.2, -0.15) is 0 Å². The van der Waals surface area contributed by atoms with E-state index >= 15 is 0 Å². The van der Waals surface area contributed by atoms with Crippen molar-refractivity contribution in [3.8, 4) is 5.75 Å². The molecular formula is C22H27ClFN3O2. The van der Waals surface area contributed by atoms with Gasteiger partial charge in [-0.1, -0.05) is 23.7 Å². The average molecular weight is 420 g/mol. The lowest BCUT2D eigenvalue weighted by atomic mass is 9.73. The van der Waals surface area contributed by atoms with E-state index in [1.54, 1.807) is 20.2 Å². The molecule has 0 atom stereocenters. The highest BCUT2D eigenvalue weighted by atomic mass is 35.5. The number of aliphatic imine (C=N–C) groups is 1. The summed E-state index contributed by atoms with van der Waals surface area (Å²) in [5.41, 5.74) is 1.74. The number of methoxy groups -OCH3 is 1. The Morgan fingerprint density at radius 3 is 2.69 bits per heavy atom. The van der Waals surface area contributed by atoms with Crippen LogP contribution in [0.15, 0.2) is 47.5 Å². The summed E-state index contributed by atoms with van der Waals surface area (Å²) in [5.74, 6) is 1.23. The van der Waals surface area contributed by atoms with E-state index in [-0.39, 0.29) is 11.2 Å². The molecule has 3 rings (SSSR count). The van der Waals surface area contributed by atoms with Gasteiger partial charge >= 0.3 is 0 Å². The number of guanidine groups is 1. The van der Waals surface area contributed by atoms with Crippen molar-refractivity contribution in [1.82, 2.24) is 10.6 Å². The molecule has 1 aliphatic heterocycles. The van der Waals surface area contributed by atoms with Gasteiger partial charge in [-0.25, -0.2) is 4.39 Å². The molecule has 1 fully saturated rings. The van der Waals surface area contributed by atoms with E-state index in [0.717, 1.165) is 29.7 Å². The third kappa shape index (κ3) is 5.40. The molecule has 2 aromatic carbocycles. The number of nitrogens with one attached hydrogen (secondary N) is 2. The maximum atomic E-state index is 13.4. The van der Waals surface area contributed by atoms with Crippen LogP contribution in [0.1, 0.15) is 24.0 Å². The summed E-state index contributed by atoms with van der Waals surface area (Å²) >= 11 is 6.30. The quantitative estimate of drug-likeness (QED) is 0.550. The Bertz CT molecular complexity index is 854. The second-order valence-electron chi connectivity index (χ2n) is 7.15. The highest BCUT2D eigenvalue weighted by Gasteiger charge is 2.37. The first kappa shape index (κ1) is 21.4. The van der Waals surface area contributed by atoms with E-state index in [0.29, 0.717) is 37.3 Å². The predicted octanol–water partition coefficient (Wildman–Crippen LogP) is 3.90. The molecular weight excluding hydrogens is 393 g/mol. The zero-order chi connectivity index (χ0) is 20.7. The van der Waals surface area contributed by atoms with Gasteiger partial charge in [0, 0.05) is 49.4 Å². The van der Waals surface area contributed by atoms with Crippen LogP contribution in [0.5, 0.6) is 5.75 Å². The highest BCUT2D eigenvalue weighted by Crippen LogP contribution is 2.40. The standard InChI is InChI=1S/C22H27ClFN3O2/c1-25-21(26-14-16-4-3-5-18(24)12-16)27-15-22(8-10-29-11-9-22)19-13-17(23)6-7-20(19)28-2/h3-7,12-13H,8-11,14-15H2,1-2H3,(H2,25,26,27). The lowest BCUT2D eigenvalue weighted by Crippen LogP contribution is -2.48. The topological polar surface area (TPSA) is 54.9 Å². The predicted molar refractivity (Wildman–Crippen MR) is 114 cm³/mol. The Morgan fingerprint density at radius 1 is 1.21 bits per heavy atom. The number of rotatable bonds is 6. The second-order valence-corrected chi connectivity index (χ2v) is 7.58. The van der Waals surface area contributed by atoms with Crippen LogP contribution in [0.25, 0.3) is 0 Å². The van der Waals surface area contributed by atoms with Crippen LogP contribution in [0.3, 0.4) is 0 Å². The molecule has 1 aliphatic rings. The van der Waals surface area contributed by atoms with E-state index in [9.17, 15) is 4.39 Å². The Morgan fingerprint density at radius 2 is 2.00 bits per heavy atom. The van der Waals surface area contributed by atoms with Gasteiger partial charge < -0.3 is 20.1 Å². The van der Waals surface area contributed by atoms with Crippen molar-refractivity contribution in [3.63, 3.8) is 0 Å². The molecule has 0 amide bonds. The van der Waals surface area contributed by atoms with Gasteiger partial charge in [0.05, 0.1) is 7.11 Å². The Labute approximate surface area is 176 Å². The molecule has 5 nitrogen and oxygen atoms in total. The molecule has 0 saturated carbocycles. The van der Waals surface area contributed by atoms with Gasteiger partial charge in [-0.15, -0.1) is 0 Å². The first-order chi connectivity index (χ1) is 14.1. The monoisotopic (exact) mass is 419 g/mol. The van der Waals surface area contributed by atoms with Gasteiger partial charge in [0.25, 0.3) is 0 Å². The van der Waals surface area contributed by atoms with Crippen molar-refractivity contribution in [1.29, 1.82) is 0 Å². The van der Waals surface area contributed by atoms with Crippen LogP contribution in [0, 0.1) is 5.82 Å². The van der Waals surface area contributed by atoms with Crippen molar-refractivity contribution in [2.45, 2.75) is 24.8 Å². The fourth-order valence-electron chi connectivity index (χ4n) is 3.70. The molecule has 0 aromatic heterocycles. The second kappa shape index (κ2) is 9.94. The number of hydrogen-bond acceptors (Lipinski definition) is 3. The van der Waals surface area contributed by atoms with Gasteiger partial charge in [0.15, 0.2) is 5.96 Å². The summed E-state index contributed by atoms with van der Waals surface area (Å²) in [6, 6.07) is 12.2. The van der Waals surface area contributed by atoms with Crippen molar-refractivity contribution < 1.29 is 13.9 Å². The molecule has 1 saturated heterocycles. The van der Waals surface area contributed by atoms with Crippen LogP contribution >= 0.6 is 11.6 Å². The molecule has 0 spiro atoms. The molecule has 0 bridgehead atoms. The van der Waals surface area contributed by atoms with Crippen LogP contribution in [0.2, 0.25) is 5.02 Å². The first-order valence-electron chi connectivity index (χ1n) is 9.67. The van der Waals surface area contributed by atoms with Crippen molar-refractivity contribution in [2.75, 3.05) is 33.9 Å². The fourth-order valence-corrected chi connectivity index (χ4v) is 3.88. The van der Waals surface area contributed by atoms with Crippen LogP contribution < -0.4 is 15.4 Å². The van der Waals surface area contributed by atoms with Crippen LogP contribution in [-0.2, 0) is 16.7 Å². The van der Waals surface area contributed by atoms with Crippen LogP contribution in [0.4, 0.5) is 4.39 Å². The molecule has 29 heavy (non-hydrogen) atoms. The number of ether oxygens (including phenoxy) is 2. The van der Waals surface area contributed by atoms with Crippen LogP contribution in [-0.4, -0.2) is 39.9 Å². The van der Waals surface area contributed by atoms with E-state index in [4.69, 9.17) is 21.1 Å². The molecule has 0 aliphatic carbocycles. The zero-order valence-electron chi connectivity index (χ0n) is 16.8. The first-order valence-corrected chi connectivity index (χ1v) is 10.0. The lowest BCUT2D eigenvalue weighted by Gasteiger charge is -2.39. The van der Waals surface area contributed by atoms with E-state index in [1.165, 1.54) is 12.1 Å². The van der Waals surface area contributed by atoms with Crippen molar-refractivity contribution in [2.24, 2.45) is 4.99 Å². The summed E-state index contributed by atoms with van der Waals surface area (Å²) < 4.78 is 24.6. The SMILES string of the molecule is CN=C(NCc1cccc(F)c1)NCC1(c2cc(Cl)ccc2OC)CCOCC1. The number of nitrogens with zero attached hydrogens (tertiary/aromatic N) is 1. The Balaban J connectivity index is 1.74. The minimum Gasteiger partial charge on any atom is -0.496 e. The smallest absolute Gasteiger partial charge is 0.191 e. The zero-order valence-corrected chi connectivity index (χ0v) is 17.6. The van der Waals surface area contributed by atoms with Gasteiger partial charge in [-0.05, 0) is 48.7 Å². The minimum atomic E-state index is -0.249. The maximum absolute atomic E-state index is 13.4. The molecule has 2 aromatic rings. The minimum absolute atomic E-state index is 0.190. The van der Waals surface area contributed by atoms with Gasteiger partial charge in [0.2, 0.25) is 0 Å². The Hall–Kier alpha value is -2.31. The number of hydrogen-bond donors (Lipinski definition) is 2. The summed E-state index contributed by atoms with van der Waals surface area (Å²) in [6.07, 6.45) is 1.69. The molecule has 156 valence electrons. The molecule has 2 N–H and O–H groups in total. The van der Waals surface area contributed by atoms with Crippen molar-refractivity contribution in [3.05, 3.63) is 64.4 Å². The summed E-state index contributed by atoms with van der Waals surface area (Å²) in [4.78, 5) is 4.31. The molecule has 0 unspecified atom stereocenters. The number of halogens is 2. The fraction of sp³-hybridized carbons (Fsp3) is 0.409. The van der Waals surface area contributed by atoms with Gasteiger partial charge in [-0.3, -0.25) is 4.99 Å². The number of benzene rings is 2. The Kier molecular flexibility index (Phi) is 7.34. The van der Waals surface area contributed by atoms with E-state index in [1.807, 2.05) is 24.3 Å². The van der Waals surface area contributed by atoms with E-state index in [2.05, 4.69) is 15.6 Å². The molecule has 1 heterocycles. The summed E-state index contributed by atoms with van der Waals surface area (Å²) in [7, 11) is 3.39. The van der Waals surface area contributed by atoms with E-state index < -0.39 is 0 Å². The third-order valence-corrected chi connectivity index (χ3v) is 5.58. The molecule has 7 heteroatoms. The average Bonchev–Trinajstić information content (AvgIpc) is 2.74. The lowest BCUT2D eigenvalue weighted by molar-refractivity contribution is 0.0505. The maximum Gasteiger partial charge on any atom is 0.191 e. The summed E-state index contributed by atoms with van der Waals surface area (Å²) in [6.45, 7) is 2.48. The molecule has 0 radical (unpaired) electrons. The highest BCUT2D eigenvalue weighted by molar-refractivity contribution is 6.30. The van der Waals surface area contributed by atoms with Gasteiger partial charge in [0.1, 0.15) is 11.6 Å². The van der Waals surface area contributed by atoms with Crippen molar-refractivity contribution >= 4 is 17.6 Å². The summed E-state index contributed by atoms with van der Waals surface area (Å²) in [5, 5.41) is 7.35. The largest absolute Gasteiger partial charge is 0.496 e. The normalized spacial score (nSPS) is 16.3.